The van der Waals surface area contributed by atoms with Crippen LogP contribution in [0.4, 0.5) is 0 Å². The minimum absolute atomic E-state index is 0.0656. The molecule has 2 aromatic carbocycles. The maximum absolute atomic E-state index is 13.0. The standard InChI is InChI=1S/C20H20N2O4S/c1-21-19(23)17-8-7-16(13-18(17)20(21)24)27(25,26)22-11-9-15(10-12-22)14-5-3-2-4-6-14/h2-8,13,15H,9-12H2,1H3. The molecule has 0 aromatic heterocycles. The molecule has 140 valence electrons. The molecule has 2 aliphatic heterocycles. The van der Waals surface area contributed by atoms with Crippen LogP contribution >= 0.6 is 0 Å². The Hall–Kier alpha value is -2.51. The van der Waals surface area contributed by atoms with Crippen LogP contribution in [0.25, 0.3) is 0 Å². The molecule has 2 aromatic rings. The van der Waals surface area contributed by atoms with E-state index in [0.717, 1.165) is 17.7 Å². The summed E-state index contributed by atoms with van der Waals surface area (Å²) in [7, 11) is -2.30. The van der Waals surface area contributed by atoms with Gasteiger partial charge >= 0.3 is 0 Å². The molecule has 27 heavy (non-hydrogen) atoms. The first kappa shape index (κ1) is 17.9. The number of hydrogen-bond donors (Lipinski definition) is 0. The Morgan fingerprint density at radius 1 is 0.889 bits per heavy atom. The number of carbonyl (C=O) groups excluding carboxylic acids is 2. The van der Waals surface area contributed by atoms with E-state index in [-0.39, 0.29) is 16.0 Å². The summed E-state index contributed by atoms with van der Waals surface area (Å²) in [6.45, 7) is 0.873. The molecule has 1 saturated heterocycles. The number of imide groups is 1. The van der Waals surface area contributed by atoms with E-state index in [1.54, 1.807) is 0 Å². The summed E-state index contributed by atoms with van der Waals surface area (Å²) >= 11 is 0. The molecular formula is C20H20N2O4S. The molecule has 1 fully saturated rings. The number of benzene rings is 2. The highest BCUT2D eigenvalue weighted by Gasteiger charge is 2.36. The Bertz CT molecular complexity index is 1010. The topological polar surface area (TPSA) is 74.8 Å². The first-order valence-corrected chi connectivity index (χ1v) is 10.3. The van der Waals surface area contributed by atoms with E-state index in [2.05, 4.69) is 12.1 Å². The van der Waals surface area contributed by atoms with Crippen LogP contribution in [0.3, 0.4) is 0 Å². The summed E-state index contributed by atoms with van der Waals surface area (Å²) in [4.78, 5) is 25.2. The van der Waals surface area contributed by atoms with Gasteiger partial charge in [0.15, 0.2) is 0 Å². The summed E-state index contributed by atoms with van der Waals surface area (Å²) in [5.74, 6) is -0.511. The van der Waals surface area contributed by atoms with Gasteiger partial charge in [-0.2, -0.15) is 4.31 Å². The van der Waals surface area contributed by atoms with Crippen LogP contribution < -0.4 is 0 Å². The SMILES string of the molecule is CN1C(=O)c2ccc(S(=O)(=O)N3CCC(c4ccccc4)CC3)cc2C1=O. The van der Waals surface area contributed by atoms with Crippen LogP contribution in [0, 0.1) is 0 Å². The number of piperidine rings is 1. The lowest BCUT2D eigenvalue weighted by Crippen LogP contribution is -2.38. The van der Waals surface area contributed by atoms with Gasteiger partial charge in [-0.3, -0.25) is 14.5 Å². The van der Waals surface area contributed by atoms with E-state index in [9.17, 15) is 18.0 Å². The molecule has 0 saturated carbocycles. The molecule has 7 heteroatoms. The largest absolute Gasteiger partial charge is 0.277 e. The molecule has 0 radical (unpaired) electrons. The van der Waals surface area contributed by atoms with Crippen molar-refractivity contribution in [1.82, 2.24) is 9.21 Å². The Morgan fingerprint density at radius 3 is 2.19 bits per heavy atom. The highest BCUT2D eigenvalue weighted by Crippen LogP contribution is 2.32. The Morgan fingerprint density at radius 2 is 1.52 bits per heavy atom. The maximum Gasteiger partial charge on any atom is 0.261 e. The lowest BCUT2D eigenvalue weighted by atomic mass is 9.90. The van der Waals surface area contributed by atoms with Crippen molar-refractivity contribution in [2.24, 2.45) is 0 Å². The smallest absolute Gasteiger partial charge is 0.261 e. The minimum Gasteiger partial charge on any atom is -0.277 e. The average Bonchev–Trinajstić information content (AvgIpc) is 2.92. The van der Waals surface area contributed by atoms with E-state index in [1.807, 2.05) is 18.2 Å². The highest BCUT2D eigenvalue weighted by atomic mass is 32.2. The van der Waals surface area contributed by atoms with Crippen LogP contribution in [-0.2, 0) is 10.0 Å². The predicted molar refractivity (Wildman–Crippen MR) is 100 cm³/mol. The summed E-state index contributed by atoms with van der Waals surface area (Å²) in [6.07, 6.45) is 1.52. The molecule has 0 unspecified atom stereocenters. The number of hydrogen-bond acceptors (Lipinski definition) is 4. The van der Waals surface area contributed by atoms with E-state index in [1.165, 1.54) is 35.1 Å². The number of carbonyl (C=O) groups is 2. The predicted octanol–water partition coefficient (Wildman–Crippen LogP) is 2.48. The minimum atomic E-state index is -3.70. The molecule has 2 amide bonds. The third-order valence-corrected chi connectivity index (χ3v) is 7.32. The summed E-state index contributed by atoms with van der Waals surface area (Å²) in [5.41, 5.74) is 1.64. The van der Waals surface area contributed by atoms with Crippen LogP contribution in [0.2, 0.25) is 0 Å². The summed E-state index contributed by atoms with van der Waals surface area (Å²) in [6, 6.07) is 14.3. The van der Waals surface area contributed by atoms with Crippen LogP contribution in [0.1, 0.15) is 45.0 Å². The number of rotatable bonds is 3. The van der Waals surface area contributed by atoms with Crippen molar-refractivity contribution in [1.29, 1.82) is 0 Å². The lowest BCUT2D eigenvalue weighted by Gasteiger charge is -2.31. The fourth-order valence-corrected chi connectivity index (χ4v) is 5.30. The molecule has 4 rings (SSSR count). The second kappa shape index (κ2) is 6.58. The van der Waals surface area contributed by atoms with Crippen molar-refractivity contribution in [2.75, 3.05) is 20.1 Å². The highest BCUT2D eigenvalue weighted by molar-refractivity contribution is 7.89. The molecule has 6 nitrogen and oxygen atoms in total. The van der Waals surface area contributed by atoms with Crippen LogP contribution in [0.5, 0.6) is 0 Å². The van der Waals surface area contributed by atoms with Gasteiger partial charge in [-0.05, 0) is 42.5 Å². The Kier molecular flexibility index (Phi) is 4.36. The van der Waals surface area contributed by atoms with Crippen LogP contribution in [0.15, 0.2) is 53.4 Å². The van der Waals surface area contributed by atoms with Gasteiger partial charge in [0.05, 0.1) is 16.0 Å². The monoisotopic (exact) mass is 384 g/mol. The van der Waals surface area contributed by atoms with Gasteiger partial charge in [-0.1, -0.05) is 30.3 Å². The van der Waals surface area contributed by atoms with Gasteiger partial charge in [-0.25, -0.2) is 8.42 Å². The molecule has 0 aliphatic carbocycles. The zero-order valence-electron chi connectivity index (χ0n) is 15.0. The molecule has 2 heterocycles. The fraction of sp³-hybridized carbons (Fsp3) is 0.300. The van der Waals surface area contributed by atoms with Gasteiger partial charge in [0, 0.05) is 20.1 Å². The Balaban J connectivity index is 1.55. The maximum atomic E-state index is 13.0. The number of amides is 2. The zero-order chi connectivity index (χ0) is 19.2. The van der Waals surface area contributed by atoms with Gasteiger partial charge in [0.25, 0.3) is 11.8 Å². The molecule has 0 spiro atoms. The van der Waals surface area contributed by atoms with Crippen molar-refractivity contribution in [3.63, 3.8) is 0 Å². The average molecular weight is 384 g/mol. The third kappa shape index (κ3) is 2.96. The zero-order valence-corrected chi connectivity index (χ0v) is 15.8. The number of fused-ring (bicyclic) bond motifs is 1. The second-order valence-corrected chi connectivity index (χ2v) is 8.90. The van der Waals surface area contributed by atoms with Crippen molar-refractivity contribution in [2.45, 2.75) is 23.7 Å². The first-order chi connectivity index (χ1) is 12.9. The third-order valence-electron chi connectivity index (χ3n) is 5.42. The summed E-state index contributed by atoms with van der Waals surface area (Å²) in [5, 5.41) is 0. The van der Waals surface area contributed by atoms with E-state index >= 15 is 0 Å². The van der Waals surface area contributed by atoms with Gasteiger partial charge in [0.1, 0.15) is 0 Å². The Labute approximate surface area is 158 Å². The van der Waals surface area contributed by atoms with Crippen molar-refractivity contribution >= 4 is 21.8 Å². The molecule has 2 aliphatic rings. The summed E-state index contributed by atoms with van der Waals surface area (Å²) < 4.78 is 27.5. The first-order valence-electron chi connectivity index (χ1n) is 8.91. The molecule has 0 N–H and O–H groups in total. The number of sulfonamides is 1. The fourth-order valence-electron chi connectivity index (χ4n) is 3.80. The van der Waals surface area contributed by atoms with Gasteiger partial charge in [-0.15, -0.1) is 0 Å². The van der Waals surface area contributed by atoms with Crippen molar-refractivity contribution in [3.05, 3.63) is 65.2 Å². The van der Waals surface area contributed by atoms with Crippen molar-refractivity contribution in [3.8, 4) is 0 Å². The van der Waals surface area contributed by atoms with E-state index in [0.29, 0.717) is 19.0 Å². The lowest BCUT2D eigenvalue weighted by molar-refractivity contribution is 0.0693. The van der Waals surface area contributed by atoms with Gasteiger partial charge in [0.2, 0.25) is 10.0 Å². The molecule has 0 atom stereocenters. The normalized spacial score (nSPS) is 18.8. The molecule has 0 bridgehead atoms. The molecular weight excluding hydrogens is 364 g/mol. The van der Waals surface area contributed by atoms with Crippen LogP contribution in [-0.4, -0.2) is 49.6 Å². The number of nitrogens with zero attached hydrogens (tertiary/aromatic N) is 2. The van der Waals surface area contributed by atoms with Gasteiger partial charge < -0.3 is 0 Å². The van der Waals surface area contributed by atoms with E-state index < -0.39 is 21.8 Å². The second-order valence-electron chi connectivity index (χ2n) is 6.97. The van der Waals surface area contributed by atoms with Crippen molar-refractivity contribution < 1.29 is 18.0 Å². The van der Waals surface area contributed by atoms with E-state index in [4.69, 9.17) is 0 Å². The quantitative estimate of drug-likeness (QED) is 0.762.